The van der Waals surface area contributed by atoms with E-state index in [4.69, 9.17) is 0 Å². The number of fused-ring (bicyclic) bond motifs is 1. The highest BCUT2D eigenvalue weighted by molar-refractivity contribution is 7.89. The molecule has 170 valence electrons. The molecule has 0 unspecified atom stereocenters. The van der Waals surface area contributed by atoms with Gasteiger partial charge in [-0.2, -0.15) is 4.31 Å². The van der Waals surface area contributed by atoms with Crippen molar-refractivity contribution < 1.29 is 26.8 Å². The molecule has 7 nitrogen and oxygen atoms in total. The van der Waals surface area contributed by atoms with E-state index in [0.717, 1.165) is 23.4 Å². The van der Waals surface area contributed by atoms with E-state index < -0.39 is 21.7 Å². The number of hydrogen-bond acceptors (Lipinski definition) is 4. The summed E-state index contributed by atoms with van der Waals surface area (Å²) in [6.07, 6.45) is 1.10. The van der Waals surface area contributed by atoms with Crippen molar-refractivity contribution in [2.24, 2.45) is 0 Å². The van der Waals surface area contributed by atoms with Gasteiger partial charge in [-0.25, -0.2) is 17.2 Å². The van der Waals surface area contributed by atoms with E-state index in [1.54, 1.807) is 28.0 Å². The normalized spacial score (nSPS) is 16.8. The van der Waals surface area contributed by atoms with E-state index in [9.17, 15) is 26.8 Å². The Balaban J connectivity index is 1.44. The SMILES string of the molecule is CCC(=O)N1CCc2cc(C(=O)N3CCN(S(=O)(=O)c4ccc(F)c(F)c4)CC3)ccc21. The number of carbonyl (C=O) groups is 2. The molecule has 2 aromatic carbocycles. The fraction of sp³-hybridized carbons (Fsp3) is 0.364. The zero-order valence-corrected chi connectivity index (χ0v) is 18.4. The van der Waals surface area contributed by atoms with Crippen LogP contribution in [0.3, 0.4) is 0 Å². The Kier molecular flexibility index (Phi) is 6.00. The van der Waals surface area contributed by atoms with E-state index >= 15 is 0 Å². The predicted octanol–water partition coefficient (Wildman–Crippen LogP) is 2.41. The van der Waals surface area contributed by atoms with Crippen LogP contribution >= 0.6 is 0 Å². The maximum Gasteiger partial charge on any atom is 0.253 e. The van der Waals surface area contributed by atoms with Crippen molar-refractivity contribution in [1.82, 2.24) is 9.21 Å². The number of anilines is 1. The lowest BCUT2D eigenvalue weighted by Gasteiger charge is -2.34. The van der Waals surface area contributed by atoms with E-state index in [2.05, 4.69) is 0 Å². The van der Waals surface area contributed by atoms with Gasteiger partial charge in [-0.05, 0) is 48.4 Å². The number of halogens is 2. The van der Waals surface area contributed by atoms with Gasteiger partial charge in [-0.15, -0.1) is 0 Å². The molecule has 0 saturated carbocycles. The first kappa shape index (κ1) is 22.3. The molecular weight excluding hydrogens is 440 g/mol. The van der Waals surface area contributed by atoms with Gasteiger partial charge in [-0.1, -0.05) is 6.92 Å². The minimum absolute atomic E-state index is 0.0428. The molecule has 4 rings (SSSR count). The number of rotatable bonds is 4. The van der Waals surface area contributed by atoms with Gasteiger partial charge in [0.05, 0.1) is 4.90 Å². The summed E-state index contributed by atoms with van der Waals surface area (Å²) < 4.78 is 53.3. The van der Waals surface area contributed by atoms with Crippen LogP contribution in [0.1, 0.15) is 29.3 Å². The molecule has 2 aromatic rings. The van der Waals surface area contributed by atoms with Crippen LogP contribution in [-0.2, 0) is 21.2 Å². The first-order valence-corrected chi connectivity index (χ1v) is 11.8. The van der Waals surface area contributed by atoms with Crippen LogP contribution in [0.2, 0.25) is 0 Å². The van der Waals surface area contributed by atoms with Crippen LogP contribution in [0.25, 0.3) is 0 Å². The molecule has 0 spiro atoms. The highest BCUT2D eigenvalue weighted by Crippen LogP contribution is 2.30. The van der Waals surface area contributed by atoms with Crippen molar-refractivity contribution in [3.05, 3.63) is 59.2 Å². The molecule has 10 heteroatoms. The smallest absolute Gasteiger partial charge is 0.253 e. The lowest BCUT2D eigenvalue weighted by atomic mass is 10.1. The third kappa shape index (κ3) is 4.00. The number of nitrogens with zero attached hydrogens (tertiary/aromatic N) is 3. The fourth-order valence-corrected chi connectivity index (χ4v) is 5.52. The Labute approximate surface area is 185 Å². The maximum absolute atomic E-state index is 13.5. The quantitative estimate of drug-likeness (QED) is 0.698. The van der Waals surface area contributed by atoms with Crippen LogP contribution in [0.15, 0.2) is 41.3 Å². The summed E-state index contributed by atoms with van der Waals surface area (Å²) in [7, 11) is -3.99. The Morgan fingerprint density at radius 3 is 2.31 bits per heavy atom. The van der Waals surface area contributed by atoms with Crippen LogP contribution in [0.5, 0.6) is 0 Å². The molecule has 1 saturated heterocycles. The maximum atomic E-state index is 13.5. The van der Waals surface area contributed by atoms with Gasteiger partial charge in [0.2, 0.25) is 15.9 Å². The summed E-state index contributed by atoms with van der Waals surface area (Å²) >= 11 is 0. The number of carbonyl (C=O) groups excluding carboxylic acids is 2. The van der Waals surface area contributed by atoms with Crippen molar-refractivity contribution >= 4 is 27.5 Å². The Morgan fingerprint density at radius 2 is 1.66 bits per heavy atom. The third-order valence-corrected chi connectivity index (χ3v) is 7.77. The van der Waals surface area contributed by atoms with Gasteiger partial charge < -0.3 is 9.80 Å². The van der Waals surface area contributed by atoms with E-state index in [0.29, 0.717) is 31.0 Å². The van der Waals surface area contributed by atoms with Crippen molar-refractivity contribution in [3.8, 4) is 0 Å². The number of sulfonamides is 1. The standard InChI is InChI=1S/C22H23F2N3O4S/c1-2-21(28)27-8-7-15-13-16(3-6-20(15)27)22(29)25-9-11-26(12-10-25)32(30,31)17-4-5-18(23)19(24)14-17/h3-6,13-14H,2,7-12H2,1H3. The van der Waals surface area contributed by atoms with Gasteiger partial charge in [0.1, 0.15) is 0 Å². The van der Waals surface area contributed by atoms with E-state index in [-0.39, 0.29) is 42.9 Å². The largest absolute Gasteiger partial charge is 0.336 e. The molecule has 0 radical (unpaired) electrons. The Bertz CT molecular complexity index is 1180. The molecule has 0 aromatic heterocycles. The molecule has 0 atom stereocenters. The molecule has 2 heterocycles. The highest BCUT2D eigenvalue weighted by atomic mass is 32.2. The topological polar surface area (TPSA) is 78.0 Å². The third-order valence-electron chi connectivity index (χ3n) is 5.88. The lowest BCUT2D eigenvalue weighted by Crippen LogP contribution is -2.50. The molecule has 0 N–H and O–H groups in total. The molecule has 1 fully saturated rings. The summed E-state index contributed by atoms with van der Waals surface area (Å²) in [6, 6.07) is 7.75. The average molecular weight is 464 g/mol. The zero-order valence-electron chi connectivity index (χ0n) is 17.6. The number of amides is 2. The van der Waals surface area contributed by atoms with Gasteiger partial charge in [-0.3, -0.25) is 9.59 Å². The van der Waals surface area contributed by atoms with Crippen LogP contribution in [-0.4, -0.2) is 62.2 Å². The fourth-order valence-electron chi connectivity index (χ4n) is 4.09. The van der Waals surface area contributed by atoms with Crippen molar-refractivity contribution in [2.45, 2.75) is 24.7 Å². The average Bonchev–Trinajstić information content (AvgIpc) is 3.23. The van der Waals surface area contributed by atoms with E-state index in [1.807, 2.05) is 6.92 Å². The lowest BCUT2D eigenvalue weighted by molar-refractivity contribution is -0.118. The number of hydrogen-bond donors (Lipinski definition) is 0. The monoisotopic (exact) mass is 463 g/mol. The molecule has 0 aliphatic carbocycles. The second-order valence-corrected chi connectivity index (χ2v) is 9.70. The molecule has 2 aliphatic rings. The highest BCUT2D eigenvalue weighted by Gasteiger charge is 2.32. The van der Waals surface area contributed by atoms with Crippen LogP contribution in [0.4, 0.5) is 14.5 Å². The van der Waals surface area contributed by atoms with Crippen molar-refractivity contribution in [1.29, 1.82) is 0 Å². The first-order chi connectivity index (χ1) is 15.2. The molecule has 32 heavy (non-hydrogen) atoms. The van der Waals surface area contributed by atoms with Gasteiger partial charge in [0.15, 0.2) is 11.6 Å². The summed E-state index contributed by atoms with van der Waals surface area (Å²) in [5, 5.41) is 0. The van der Waals surface area contributed by atoms with Gasteiger partial charge in [0.25, 0.3) is 5.91 Å². The minimum Gasteiger partial charge on any atom is -0.336 e. The first-order valence-electron chi connectivity index (χ1n) is 10.4. The Hall–Kier alpha value is -2.85. The van der Waals surface area contributed by atoms with Gasteiger partial charge in [0, 0.05) is 50.4 Å². The summed E-state index contributed by atoms with van der Waals surface area (Å²) in [6.45, 7) is 2.87. The zero-order chi connectivity index (χ0) is 23.0. The second kappa shape index (κ2) is 8.59. The summed E-state index contributed by atoms with van der Waals surface area (Å²) in [5.41, 5.74) is 2.26. The van der Waals surface area contributed by atoms with Gasteiger partial charge >= 0.3 is 0 Å². The number of piperazine rings is 1. The summed E-state index contributed by atoms with van der Waals surface area (Å²) in [5.74, 6) is -2.51. The molecule has 2 amide bonds. The van der Waals surface area contributed by atoms with E-state index in [1.165, 1.54) is 4.31 Å². The van der Waals surface area contributed by atoms with Crippen molar-refractivity contribution in [3.63, 3.8) is 0 Å². The van der Waals surface area contributed by atoms with Crippen LogP contribution in [0, 0.1) is 11.6 Å². The van der Waals surface area contributed by atoms with Crippen LogP contribution < -0.4 is 4.90 Å². The summed E-state index contributed by atoms with van der Waals surface area (Å²) in [4.78, 5) is 28.0. The molecular formula is C22H23F2N3O4S. The van der Waals surface area contributed by atoms with Crippen molar-refractivity contribution in [2.75, 3.05) is 37.6 Å². The minimum atomic E-state index is -3.99. The second-order valence-electron chi connectivity index (χ2n) is 7.76. The number of benzene rings is 2. The predicted molar refractivity (Wildman–Crippen MR) is 114 cm³/mol. The molecule has 0 bridgehead atoms. The molecule has 2 aliphatic heterocycles. The Morgan fingerprint density at radius 1 is 0.938 bits per heavy atom.